The number of nitrogens with zero attached hydrogens (tertiary/aromatic N) is 1. The normalized spacial score (nSPS) is 10.1. The number of nitro benzene ring substituents is 1. The van der Waals surface area contributed by atoms with Crippen LogP contribution in [0.4, 0.5) is 5.69 Å². The van der Waals surface area contributed by atoms with Crippen molar-refractivity contribution in [1.29, 1.82) is 0 Å². The first kappa shape index (κ1) is 11.8. The summed E-state index contributed by atoms with van der Waals surface area (Å²) in [7, 11) is 0. The topological polar surface area (TPSA) is 52.4 Å². The number of hydrogen-bond acceptors (Lipinski definition) is 3. The maximum atomic E-state index is 10.6. The summed E-state index contributed by atoms with van der Waals surface area (Å²) in [6.07, 6.45) is 0. The molecule has 0 fully saturated rings. The van der Waals surface area contributed by atoms with E-state index in [2.05, 4.69) is 0 Å². The van der Waals surface area contributed by atoms with Crippen LogP contribution in [0.3, 0.4) is 0 Å². The molecule has 0 atom stereocenters. The van der Waals surface area contributed by atoms with Gasteiger partial charge < -0.3 is 4.74 Å². The van der Waals surface area contributed by atoms with Crippen LogP contribution in [0.15, 0.2) is 12.1 Å². The smallest absolute Gasteiger partial charge is 0.272 e. The van der Waals surface area contributed by atoms with Gasteiger partial charge in [0.25, 0.3) is 5.69 Å². The fraction of sp³-hybridized carbons (Fsp3) is 0.400. The number of hydrogen-bond donors (Lipinski definition) is 0. The van der Waals surface area contributed by atoms with E-state index in [1.165, 1.54) is 6.07 Å². The molecule has 0 spiro atoms. The van der Waals surface area contributed by atoms with Crippen molar-refractivity contribution in [2.75, 3.05) is 12.5 Å². The van der Waals surface area contributed by atoms with Gasteiger partial charge in [0.1, 0.15) is 12.4 Å². The molecule has 15 heavy (non-hydrogen) atoms. The molecule has 0 heterocycles. The number of nitro groups is 1. The van der Waals surface area contributed by atoms with E-state index in [4.69, 9.17) is 16.3 Å². The van der Waals surface area contributed by atoms with Gasteiger partial charge in [-0.1, -0.05) is 0 Å². The van der Waals surface area contributed by atoms with Gasteiger partial charge in [0.15, 0.2) is 0 Å². The van der Waals surface area contributed by atoms with Gasteiger partial charge in [-0.15, -0.1) is 11.6 Å². The maximum absolute atomic E-state index is 10.6. The minimum Gasteiger partial charge on any atom is -0.492 e. The van der Waals surface area contributed by atoms with Crippen LogP contribution in [0.25, 0.3) is 0 Å². The highest BCUT2D eigenvalue weighted by Gasteiger charge is 2.13. The van der Waals surface area contributed by atoms with Crippen molar-refractivity contribution >= 4 is 17.3 Å². The Hall–Kier alpha value is -1.29. The number of aryl methyl sites for hydroxylation is 2. The predicted molar refractivity (Wildman–Crippen MR) is 58.8 cm³/mol. The van der Waals surface area contributed by atoms with Crippen molar-refractivity contribution in [2.45, 2.75) is 13.8 Å². The lowest BCUT2D eigenvalue weighted by atomic mass is 10.1. The van der Waals surface area contributed by atoms with E-state index >= 15 is 0 Å². The Balaban J connectivity index is 3.02. The summed E-state index contributed by atoms with van der Waals surface area (Å²) in [5.74, 6) is 1.05. The molecular formula is C10H12ClNO3. The van der Waals surface area contributed by atoms with Crippen LogP contribution in [-0.4, -0.2) is 17.4 Å². The number of benzene rings is 1. The minimum atomic E-state index is -0.395. The number of ether oxygens (including phenoxy) is 1. The summed E-state index contributed by atoms with van der Waals surface area (Å²) >= 11 is 5.49. The van der Waals surface area contributed by atoms with E-state index in [0.29, 0.717) is 23.8 Å². The molecule has 0 aliphatic rings. The van der Waals surface area contributed by atoms with Crippen LogP contribution in [-0.2, 0) is 0 Å². The number of halogens is 1. The lowest BCUT2D eigenvalue weighted by molar-refractivity contribution is -0.385. The van der Waals surface area contributed by atoms with E-state index in [9.17, 15) is 10.1 Å². The van der Waals surface area contributed by atoms with E-state index in [1.54, 1.807) is 19.9 Å². The molecule has 82 valence electrons. The van der Waals surface area contributed by atoms with Crippen molar-refractivity contribution in [2.24, 2.45) is 0 Å². The second-order valence-corrected chi connectivity index (χ2v) is 3.58. The summed E-state index contributed by atoms with van der Waals surface area (Å²) < 4.78 is 5.35. The molecule has 0 N–H and O–H groups in total. The van der Waals surface area contributed by atoms with Crippen LogP contribution >= 0.6 is 11.6 Å². The minimum absolute atomic E-state index is 0.116. The van der Waals surface area contributed by atoms with Crippen LogP contribution in [0, 0.1) is 24.0 Å². The molecule has 0 radical (unpaired) electrons. The Morgan fingerprint density at radius 1 is 1.40 bits per heavy atom. The first-order chi connectivity index (χ1) is 7.06. The highest BCUT2D eigenvalue weighted by atomic mass is 35.5. The van der Waals surface area contributed by atoms with Crippen LogP contribution in [0.2, 0.25) is 0 Å². The lowest BCUT2D eigenvalue weighted by Crippen LogP contribution is -2.01. The van der Waals surface area contributed by atoms with E-state index in [0.717, 1.165) is 5.56 Å². The Bertz CT molecular complexity index is 379. The quantitative estimate of drug-likeness (QED) is 0.453. The molecule has 0 amide bonds. The van der Waals surface area contributed by atoms with Gasteiger partial charge in [-0.3, -0.25) is 10.1 Å². The third-order valence-electron chi connectivity index (χ3n) is 2.02. The molecule has 0 unspecified atom stereocenters. The predicted octanol–water partition coefficient (Wildman–Crippen LogP) is 2.83. The zero-order valence-corrected chi connectivity index (χ0v) is 9.37. The Kier molecular flexibility index (Phi) is 3.91. The van der Waals surface area contributed by atoms with Crippen molar-refractivity contribution < 1.29 is 9.66 Å². The van der Waals surface area contributed by atoms with Crippen molar-refractivity contribution in [3.63, 3.8) is 0 Å². The molecule has 1 aromatic rings. The highest BCUT2D eigenvalue weighted by molar-refractivity contribution is 6.18. The molecule has 0 aliphatic carbocycles. The monoisotopic (exact) mass is 229 g/mol. The van der Waals surface area contributed by atoms with E-state index in [1.807, 2.05) is 0 Å². The van der Waals surface area contributed by atoms with Gasteiger partial charge in [-0.05, 0) is 25.5 Å². The first-order valence-electron chi connectivity index (χ1n) is 4.50. The van der Waals surface area contributed by atoms with Crippen LogP contribution < -0.4 is 4.74 Å². The lowest BCUT2D eigenvalue weighted by Gasteiger charge is -2.08. The maximum Gasteiger partial charge on any atom is 0.272 e. The van der Waals surface area contributed by atoms with Crippen LogP contribution in [0.1, 0.15) is 11.1 Å². The fourth-order valence-corrected chi connectivity index (χ4v) is 1.35. The van der Waals surface area contributed by atoms with Crippen molar-refractivity contribution in [3.8, 4) is 5.75 Å². The molecule has 1 rings (SSSR count). The van der Waals surface area contributed by atoms with Crippen LogP contribution in [0.5, 0.6) is 5.75 Å². The Morgan fingerprint density at radius 3 is 2.60 bits per heavy atom. The zero-order chi connectivity index (χ0) is 11.4. The average Bonchev–Trinajstić information content (AvgIpc) is 2.18. The molecule has 0 saturated carbocycles. The SMILES string of the molecule is Cc1cc([N+](=O)[O-])c(C)cc1OCCCl. The van der Waals surface area contributed by atoms with E-state index in [-0.39, 0.29) is 5.69 Å². The third-order valence-corrected chi connectivity index (χ3v) is 2.18. The Labute approximate surface area is 93.0 Å². The largest absolute Gasteiger partial charge is 0.492 e. The van der Waals surface area contributed by atoms with Gasteiger partial charge in [0.2, 0.25) is 0 Å². The molecule has 0 saturated heterocycles. The summed E-state index contributed by atoms with van der Waals surface area (Å²) in [5.41, 5.74) is 1.46. The third kappa shape index (κ3) is 2.83. The van der Waals surface area contributed by atoms with Gasteiger partial charge in [-0.25, -0.2) is 0 Å². The first-order valence-corrected chi connectivity index (χ1v) is 5.04. The molecule has 0 bridgehead atoms. The molecular weight excluding hydrogens is 218 g/mol. The number of alkyl halides is 1. The molecule has 0 aliphatic heterocycles. The summed E-state index contributed by atoms with van der Waals surface area (Å²) in [6, 6.07) is 3.18. The second kappa shape index (κ2) is 4.98. The standard InChI is InChI=1S/C10H12ClNO3/c1-7-6-10(15-4-3-11)8(2)5-9(7)12(13)14/h5-6H,3-4H2,1-2H3. The summed E-state index contributed by atoms with van der Waals surface area (Å²) in [6.45, 7) is 3.86. The summed E-state index contributed by atoms with van der Waals surface area (Å²) in [5, 5.41) is 10.6. The van der Waals surface area contributed by atoms with Gasteiger partial charge in [0.05, 0.1) is 10.8 Å². The van der Waals surface area contributed by atoms with Gasteiger partial charge >= 0.3 is 0 Å². The highest BCUT2D eigenvalue weighted by Crippen LogP contribution is 2.27. The van der Waals surface area contributed by atoms with Crippen molar-refractivity contribution in [3.05, 3.63) is 33.4 Å². The van der Waals surface area contributed by atoms with Crippen molar-refractivity contribution in [1.82, 2.24) is 0 Å². The molecule has 5 heteroatoms. The zero-order valence-electron chi connectivity index (χ0n) is 8.62. The molecule has 4 nitrogen and oxygen atoms in total. The second-order valence-electron chi connectivity index (χ2n) is 3.20. The van der Waals surface area contributed by atoms with Gasteiger partial charge in [0, 0.05) is 11.6 Å². The number of rotatable bonds is 4. The molecule has 0 aromatic heterocycles. The van der Waals surface area contributed by atoms with Gasteiger partial charge in [-0.2, -0.15) is 0 Å². The average molecular weight is 230 g/mol. The van der Waals surface area contributed by atoms with E-state index < -0.39 is 4.92 Å². The molecule has 1 aromatic carbocycles. The summed E-state index contributed by atoms with van der Waals surface area (Å²) in [4.78, 5) is 10.2. The fourth-order valence-electron chi connectivity index (χ4n) is 1.28. The Morgan fingerprint density at radius 2 is 2.07 bits per heavy atom.